The van der Waals surface area contributed by atoms with E-state index in [1.54, 1.807) is 0 Å². The van der Waals surface area contributed by atoms with Gasteiger partial charge in [0.1, 0.15) is 7.05 Å². The normalized spacial score (nSPS) is 11.6. The maximum atomic E-state index is 2.30. The highest BCUT2D eigenvalue weighted by atomic mass is 15.0. The van der Waals surface area contributed by atoms with E-state index >= 15 is 0 Å². The molecule has 2 nitrogen and oxygen atoms in total. The average Bonchev–Trinajstić information content (AvgIpc) is 2.99. The third-order valence-corrected chi connectivity index (χ3v) is 5.19. The van der Waals surface area contributed by atoms with Crippen molar-refractivity contribution in [1.82, 2.24) is 4.40 Å². The molecule has 0 spiro atoms. The standard InChI is InChI=1S/C23H19N2/c1-16-7-3-5-9-20(16)22-12-11-18-15-25-19(14-23(18)24(22)2)13-17-8-4-6-10-21(17)25/h3-15H,1-2H3/q+1. The lowest BCUT2D eigenvalue weighted by Crippen LogP contribution is -2.32. The van der Waals surface area contributed by atoms with E-state index in [0.29, 0.717) is 0 Å². The molecule has 0 atom stereocenters. The van der Waals surface area contributed by atoms with Crippen molar-refractivity contribution in [3.8, 4) is 11.3 Å². The number of rotatable bonds is 1. The Hall–Kier alpha value is -3.13. The Bertz CT molecular complexity index is 1260. The van der Waals surface area contributed by atoms with Gasteiger partial charge in [0.2, 0.25) is 11.2 Å². The molecule has 0 N–H and O–H groups in total. The monoisotopic (exact) mass is 323 g/mol. The van der Waals surface area contributed by atoms with Crippen molar-refractivity contribution in [3.05, 3.63) is 84.6 Å². The van der Waals surface area contributed by atoms with Gasteiger partial charge in [-0.05, 0) is 36.8 Å². The summed E-state index contributed by atoms with van der Waals surface area (Å²) in [5.74, 6) is 0. The SMILES string of the molecule is Cc1ccccc1-c1ccc2cn3c(cc4ccccc43)cc2[n+]1C. The summed E-state index contributed by atoms with van der Waals surface area (Å²) in [6.07, 6.45) is 2.24. The van der Waals surface area contributed by atoms with Crippen molar-refractivity contribution in [1.29, 1.82) is 0 Å². The Balaban J connectivity index is 1.85. The Labute approximate surface area is 146 Å². The van der Waals surface area contributed by atoms with Crippen molar-refractivity contribution >= 4 is 27.3 Å². The summed E-state index contributed by atoms with van der Waals surface area (Å²) in [5.41, 5.74) is 7.55. The number of nitrogens with zero attached hydrogens (tertiary/aromatic N) is 2. The molecule has 2 heteroatoms. The Kier molecular flexibility index (Phi) is 2.95. The number of pyridine rings is 2. The predicted octanol–water partition coefficient (Wildman–Crippen LogP) is 5.05. The molecule has 5 aromatic rings. The van der Waals surface area contributed by atoms with Gasteiger partial charge in [-0.1, -0.05) is 36.4 Å². The number of aromatic nitrogens is 2. The molecular formula is C23H19N2+. The molecule has 25 heavy (non-hydrogen) atoms. The minimum Gasteiger partial charge on any atom is -0.315 e. The molecule has 0 radical (unpaired) electrons. The second kappa shape index (κ2) is 5.18. The van der Waals surface area contributed by atoms with E-state index in [1.165, 1.54) is 44.1 Å². The van der Waals surface area contributed by atoms with Gasteiger partial charge in [-0.2, -0.15) is 4.57 Å². The highest BCUT2D eigenvalue weighted by molar-refractivity contribution is 5.91. The molecule has 0 saturated carbocycles. The first kappa shape index (κ1) is 14.2. The van der Waals surface area contributed by atoms with Crippen LogP contribution in [0, 0.1) is 6.92 Å². The van der Waals surface area contributed by atoms with Gasteiger partial charge in [0.05, 0.1) is 16.4 Å². The van der Waals surface area contributed by atoms with Crippen LogP contribution in [0.2, 0.25) is 0 Å². The van der Waals surface area contributed by atoms with Crippen LogP contribution in [0.3, 0.4) is 0 Å². The molecule has 0 unspecified atom stereocenters. The van der Waals surface area contributed by atoms with E-state index in [4.69, 9.17) is 0 Å². The maximum absolute atomic E-state index is 2.30. The molecule has 0 aliphatic rings. The van der Waals surface area contributed by atoms with Gasteiger partial charge < -0.3 is 4.40 Å². The molecule has 5 rings (SSSR count). The summed E-state index contributed by atoms with van der Waals surface area (Å²) < 4.78 is 4.58. The summed E-state index contributed by atoms with van der Waals surface area (Å²) in [5, 5.41) is 2.52. The molecular weight excluding hydrogens is 304 g/mol. The molecule has 0 bridgehead atoms. The fraction of sp³-hybridized carbons (Fsp3) is 0.0870. The fourth-order valence-corrected chi connectivity index (χ4v) is 3.84. The third-order valence-electron chi connectivity index (χ3n) is 5.19. The van der Waals surface area contributed by atoms with E-state index < -0.39 is 0 Å². The van der Waals surface area contributed by atoms with Crippen molar-refractivity contribution in [2.45, 2.75) is 6.92 Å². The van der Waals surface area contributed by atoms with Gasteiger partial charge in [0.15, 0.2) is 0 Å². The van der Waals surface area contributed by atoms with E-state index in [-0.39, 0.29) is 0 Å². The second-order valence-electron chi connectivity index (χ2n) is 6.70. The van der Waals surface area contributed by atoms with Crippen molar-refractivity contribution in [2.75, 3.05) is 0 Å². The topological polar surface area (TPSA) is 8.29 Å². The zero-order chi connectivity index (χ0) is 17.0. The van der Waals surface area contributed by atoms with Gasteiger partial charge in [-0.3, -0.25) is 0 Å². The highest BCUT2D eigenvalue weighted by Gasteiger charge is 2.16. The Morgan fingerprint density at radius 2 is 1.60 bits per heavy atom. The zero-order valence-electron chi connectivity index (χ0n) is 14.4. The van der Waals surface area contributed by atoms with Crippen LogP contribution in [0.15, 0.2) is 79.0 Å². The molecule has 0 aliphatic carbocycles. The predicted molar refractivity (Wildman–Crippen MR) is 104 cm³/mol. The van der Waals surface area contributed by atoms with Crippen molar-refractivity contribution in [3.63, 3.8) is 0 Å². The molecule has 0 fully saturated rings. The number of para-hydroxylation sites is 1. The van der Waals surface area contributed by atoms with Crippen molar-refractivity contribution < 1.29 is 4.57 Å². The van der Waals surface area contributed by atoms with E-state index in [9.17, 15) is 0 Å². The molecule has 0 aliphatic heterocycles. The lowest BCUT2D eigenvalue weighted by Gasteiger charge is -2.07. The molecule has 0 saturated heterocycles. The number of hydrogen-bond donors (Lipinski definition) is 0. The zero-order valence-corrected chi connectivity index (χ0v) is 14.4. The molecule has 3 heterocycles. The lowest BCUT2D eigenvalue weighted by atomic mass is 10.0. The van der Waals surface area contributed by atoms with Gasteiger partial charge in [0, 0.05) is 29.3 Å². The largest absolute Gasteiger partial charge is 0.315 e. The Morgan fingerprint density at radius 3 is 2.48 bits per heavy atom. The average molecular weight is 323 g/mol. The summed E-state index contributed by atoms with van der Waals surface area (Å²) in [7, 11) is 2.16. The summed E-state index contributed by atoms with van der Waals surface area (Å²) >= 11 is 0. The van der Waals surface area contributed by atoms with E-state index in [0.717, 1.165) is 0 Å². The van der Waals surface area contributed by atoms with E-state index in [1.807, 2.05) is 0 Å². The van der Waals surface area contributed by atoms with Crippen LogP contribution in [-0.4, -0.2) is 4.40 Å². The first-order valence-electron chi connectivity index (χ1n) is 8.61. The minimum absolute atomic E-state index is 1.23. The quantitative estimate of drug-likeness (QED) is 0.382. The van der Waals surface area contributed by atoms with Crippen LogP contribution in [0.4, 0.5) is 0 Å². The fourth-order valence-electron chi connectivity index (χ4n) is 3.84. The van der Waals surface area contributed by atoms with Crippen LogP contribution in [0.25, 0.3) is 38.6 Å². The van der Waals surface area contributed by atoms with Crippen LogP contribution < -0.4 is 4.57 Å². The van der Waals surface area contributed by atoms with Crippen LogP contribution in [0.5, 0.6) is 0 Å². The summed E-state index contributed by atoms with van der Waals surface area (Å²) in [6, 6.07) is 26.1. The second-order valence-corrected chi connectivity index (χ2v) is 6.70. The van der Waals surface area contributed by atoms with Crippen LogP contribution in [0.1, 0.15) is 5.56 Å². The van der Waals surface area contributed by atoms with E-state index in [2.05, 4.69) is 102 Å². The first-order valence-corrected chi connectivity index (χ1v) is 8.61. The van der Waals surface area contributed by atoms with Gasteiger partial charge >= 0.3 is 0 Å². The molecule has 0 amide bonds. The van der Waals surface area contributed by atoms with Gasteiger partial charge in [0.25, 0.3) is 0 Å². The number of fused-ring (bicyclic) bond motifs is 4. The summed E-state index contributed by atoms with van der Waals surface area (Å²) in [4.78, 5) is 0. The highest BCUT2D eigenvalue weighted by Crippen LogP contribution is 2.26. The minimum atomic E-state index is 1.23. The molecule has 3 aromatic heterocycles. The number of aryl methyl sites for hydroxylation is 2. The molecule has 120 valence electrons. The number of benzene rings is 2. The summed E-state index contributed by atoms with van der Waals surface area (Å²) in [6.45, 7) is 2.17. The molecule has 2 aromatic carbocycles. The van der Waals surface area contributed by atoms with Gasteiger partial charge in [-0.25, -0.2) is 0 Å². The third kappa shape index (κ3) is 2.07. The van der Waals surface area contributed by atoms with Gasteiger partial charge in [-0.15, -0.1) is 0 Å². The van der Waals surface area contributed by atoms with Crippen LogP contribution >= 0.6 is 0 Å². The van der Waals surface area contributed by atoms with Crippen molar-refractivity contribution in [2.24, 2.45) is 7.05 Å². The smallest absolute Gasteiger partial charge is 0.216 e. The first-order chi connectivity index (χ1) is 12.2. The van der Waals surface area contributed by atoms with Crippen LogP contribution in [-0.2, 0) is 7.05 Å². The number of hydrogen-bond acceptors (Lipinski definition) is 0. The lowest BCUT2D eigenvalue weighted by molar-refractivity contribution is -0.633. The maximum Gasteiger partial charge on any atom is 0.216 e. The Morgan fingerprint density at radius 1 is 0.800 bits per heavy atom.